The van der Waals surface area contributed by atoms with Gasteiger partial charge in [-0.1, -0.05) is 86.6 Å². The highest BCUT2D eigenvalue weighted by molar-refractivity contribution is 5.92. The van der Waals surface area contributed by atoms with Gasteiger partial charge in [0.15, 0.2) is 0 Å². The van der Waals surface area contributed by atoms with E-state index in [9.17, 15) is 19.2 Å². The normalized spacial score (nSPS) is 19.8. The lowest BCUT2D eigenvalue weighted by molar-refractivity contribution is -0.141. The first kappa shape index (κ1) is 38.3. The Labute approximate surface area is 306 Å². The van der Waals surface area contributed by atoms with Crippen molar-refractivity contribution in [3.63, 3.8) is 0 Å². The van der Waals surface area contributed by atoms with Gasteiger partial charge in [-0.2, -0.15) is 0 Å². The maximum atomic E-state index is 14.6. The maximum absolute atomic E-state index is 14.6. The number of amides is 4. The Kier molecular flexibility index (Phi) is 11.6. The second-order valence-corrected chi connectivity index (χ2v) is 16.0. The highest BCUT2D eigenvalue weighted by Crippen LogP contribution is 2.38. The van der Waals surface area contributed by atoms with Gasteiger partial charge in [0, 0.05) is 45.2 Å². The van der Waals surface area contributed by atoms with Crippen molar-refractivity contribution in [2.45, 2.75) is 104 Å². The third kappa shape index (κ3) is 9.29. The Balaban J connectivity index is 1.36. The molecule has 0 unspecified atom stereocenters. The zero-order valence-electron chi connectivity index (χ0n) is 31.6. The fourth-order valence-electron chi connectivity index (χ4n) is 6.94. The van der Waals surface area contributed by atoms with Gasteiger partial charge in [-0.25, -0.2) is 9.59 Å². The van der Waals surface area contributed by atoms with Crippen LogP contribution in [0.2, 0.25) is 0 Å². The van der Waals surface area contributed by atoms with Crippen molar-refractivity contribution in [3.05, 3.63) is 83.7 Å². The number of fused-ring (bicyclic) bond motifs is 1. The lowest BCUT2D eigenvalue weighted by Gasteiger charge is -2.38. The molecule has 280 valence electrons. The Morgan fingerprint density at radius 2 is 1.58 bits per heavy atom. The summed E-state index contributed by atoms with van der Waals surface area (Å²) in [5, 5.41) is 11.8. The number of carbonyl (C=O) groups is 4. The molecule has 2 aromatic carbocycles. The zero-order valence-corrected chi connectivity index (χ0v) is 31.6. The minimum Gasteiger partial charge on any atom is -0.445 e. The van der Waals surface area contributed by atoms with E-state index in [1.807, 2.05) is 92.5 Å². The third-order valence-electron chi connectivity index (χ3n) is 9.73. The minimum atomic E-state index is -0.906. The number of hydrogen-bond donors (Lipinski definition) is 1. The van der Waals surface area contributed by atoms with Crippen LogP contribution in [0, 0.1) is 11.3 Å². The second kappa shape index (κ2) is 15.7. The third-order valence-corrected chi connectivity index (χ3v) is 9.73. The molecule has 0 aliphatic carbocycles. The molecule has 5 atom stereocenters. The molecule has 3 aromatic rings. The quantitative estimate of drug-likeness (QED) is 0.313. The molecule has 0 bridgehead atoms. The van der Waals surface area contributed by atoms with Gasteiger partial charge < -0.3 is 24.6 Å². The SMILES string of the molecule is C[C@@H](C(=O)N[C@H](C(=O)N1CC[C@@H]2[C@H]1[C@@H](Cn1cc(Cc3ccccc3)nn1)CN2C(=O)OCc1ccccc1)C(C)(C)C)N(C)C(=O)OC(C)(C)C. The van der Waals surface area contributed by atoms with Gasteiger partial charge in [0.2, 0.25) is 11.8 Å². The lowest BCUT2D eigenvalue weighted by atomic mass is 9.85. The molecule has 0 spiro atoms. The van der Waals surface area contributed by atoms with Crippen LogP contribution in [0.5, 0.6) is 0 Å². The van der Waals surface area contributed by atoms with Crippen LogP contribution in [0.25, 0.3) is 0 Å². The van der Waals surface area contributed by atoms with Gasteiger partial charge in [0.05, 0.1) is 17.8 Å². The molecule has 2 saturated heterocycles. The number of rotatable bonds is 10. The largest absolute Gasteiger partial charge is 0.445 e. The average molecular weight is 716 g/mol. The highest BCUT2D eigenvalue weighted by atomic mass is 16.6. The molecular weight excluding hydrogens is 662 g/mol. The summed E-state index contributed by atoms with van der Waals surface area (Å²) in [6.45, 7) is 13.9. The summed E-state index contributed by atoms with van der Waals surface area (Å²) >= 11 is 0. The van der Waals surface area contributed by atoms with Crippen molar-refractivity contribution in [3.8, 4) is 0 Å². The highest BCUT2D eigenvalue weighted by Gasteiger charge is 2.54. The topological polar surface area (TPSA) is 139 Å². The van der Waals surface area contributed by atoms with E-state index in [4.69, 9.17) is 9.47 Å². The molecule has 0 radical (unpaired) electrons. The maximum Gasteiger partial charge on any atom is 0.410 e. The van der Waals surface area contributed by atoms with Crippen molar-refractivity contribution in [2.75, 3.05) is 20.1 Å². The van der Waals surface area contributed by atoms with Gasteiger partial charge in [0.1, 0.15) is 24.3 Å². The first-order valence-corrected chi connectivity index (χ1v) is 18.0. The lowest BCUT2D eigenvalue weighted by Crippen LogP contribution is -2.59. The van der Waals surface area contributed by atoms with E-state index < -0.39 is 41.2 Å². The molecule has 2 aliphatic heterocycles. The predicted molar refractivity (Wildman–Crippen MR) is 195 cm³/mol. The Morgan fingerprint density at radius 3 is 2.19 bits per heavy atom. The summed E-state index contributed by atoms with van der Waals surface area (Å²) < 4.78 is 13.0. The van der Waals surface area contributed by atoms with Crippen molar-refractivity contribution >= 4 is 24.0 Å². The minimum absolute atomic E-state index is 0.140. The molecular formula is C39H53N7O6. The fraction of sp³-hybridized carbons (Fsp3) is 0.538. The van der Waals surface area contributed by atoms with E-state index in [0.29, 0.717) is 32.5 Å². The number of nitrogens with one attached hydrogen (secondary N) is 1. The Morgan fingerprint density at radius 1 is 0.942 bits per heavy atom. The average Bonchev–Trinajstić information content (AvgIpc) is 3.82. The summed E-state index contributed by atoms with van der Waals surface area (Å²) in [6, 6.07) is 17.1. The number of aromatic nitrogens is 3. The summed E-state index contributed by atoms with van der Waals surface area (Å²) in [6.07, 6.45) is 2.05. The number of benzene rings is 2. The van der Waals surface area contributed by atoms with Crippen LogP contribution < -0.4 is 5.32 Å². The molecule has 1 aromatic heterocycles. The van der Waals surface area contributed by atoms with Crippen LogP contribution in [0.1, 0.15) is 71.7 Å². The first-order chi connectivity index (χ1) is 24.5. The number of carbonyl (C=O) groups excluding carboxylic acids is 4. The number of nitrogens with zero attached hydrogens (tertiary/aromatic N) is 6. The summed E-state index contributed by atoms with van der Waals surface area (Å²) in [5.41, 5.74) is 1.43. The molecule has 3 heterocycles. The molecule has 1 N–H and O–H groups in total. The van der Waals surface area contributed by atoms with Crippen LogP contribution in [-0.2, 0) is 38.6 Å². The molecule has 13 heteroatoms. The number of hydrogen-bond acceptors (Lipinski definition) is 8. The molecule has 4 amide bonds. The van der Waals surface area contributed by atoms with Crippen molar-refractivity contribution < 1.29 is 28.7 Å². The van der Waals surface area contributed by atoms with E-state index in [1.54, 1.807) is 37.3 Å². The molecule has 52 heavy (non-hydrogen) atoms. The van der Waals surface area contributed by atoms with Crippen LogP contribution in [0.3, 0.4) is 0 Å². The monoisotopic (exact) mass is 715 g/mol. The van der Waals surface area contributed by atoms with Crippen molar-refractivity contribution in [1.29, 1.82) is 0 Å². The second-order valence-electron chi connectivity index (χ2n) is 16.0. The van der Waals surface area contributed by atoms with Crippen molar-refractivity contribution in [1.82, 2.24) is 35.0 Å². The van der Waals surface area contributed by atoms with Gasteiger partial charge in [0.25, 0.3) is 0 Å². The summed E-state index contributed by atoms with van der Waals surface area (Å²) in [5.74, 6) is -0.895. The van der Waals surface area contributed by atoms with E-state index in [-0.39, 0.29) is 30.5 Å². The van der Waals surface area contributed by atoms with E-state index in [1.165, 1.54) is 11.9 Å². The van der Waals surface area contributed by atoms with Gasteiger partial charge in [-0.05, 0) is 50.7 Å². The molecule has 2 aliphatic rings. The predicted octanol–water partition coefficient (Wildman–Crippen LogP) is 4.89. The van der Waals surface area contributed by atoms with Crippen LogP contribution >= 0.6 is 0 Å². The fourth-order valence-corrected chi connectivity index (χ4v) is 6.94. The molecule has 0 saturated carbocycles. The van der Waals surface area contributed by atoms with Crippen LogP contribution in [-0.4, -0.2) is 104 Å². The summed E-state index contributed by atoms with van der Waals surface area (Å²) in [7, 11) is 1.50. The standard InChI is InChI=1S/C39H53N7O6/c1-26(43(8)36(49)52-39(5,6)7)34(47)40-33(38(2,3)4)35(48)45-20-19-31-32(45)29(23-46(31)37(50)51-25-28-17-13-10-14-18-28)22-44-24-30(41-42-44)21-27-15-11-9-12-16-27/h9-18,24,26,29,31-33H,19-23,25H2,1-8H3,(H,40,47)/t26-,29-,31+,32+,33+/m0/s1. The van der Waals surface area contributed by atoms with E-state index >= 15 is 0 Å². The van der Waals surface area contributed by atoms with E-state index in [2.05, 4.69) is 15.6 Å². The number of likely N-dealkylation sites (N-methyl/N-ethyl adjacent to an activating group) is 1. The van der Waals surface area contributed by atoms with E-state index in [0.717, 1.165) is 16.8 Å². The van der Waals surface area contributed by atoms with Gasteiger partial charge in [-0.3, -0.25) is 19.2 Å². The Bertz CT molecular complexity index is 1700. The molecule has 13 nitrogen and oxygen atoms in total. The number of ether oxygens (including phenoxy) is 2. The first-order valence-electron chi connectivity index (χ1n) is 18.0. The van der Waals surface area contributed by atoms with Crippen LogP contribution in [0.4, 0.5) is 9.59 Å². The zero-order chi connectivity index (χ0) is 37.8. The van der Waals surface area contributed by atoms with Gasteiger partial charge in [-0.15, -0.1) is 5.10 Å². The Hall–Kier alpha value is -4.94. The summed E-state index contributed by atoms with van der Waals surface area (Å²) in [4.78, 5) is 59.4. The van der Waals surface area contributed by atoms with Crippen LogP contribution in [0.15, 0.2) is 66.9 Å². The smallest absolute Gasteiger partial charge is 0.410 e. The van der Waals surface area contributed by atoms with Gasteiger partial charge >= 0.3 is 12.2 Å². The molecule has 5 rings (SSSR count). The molecule has 2 fully saturated rings. The number of likely N-dealkylation sites (tertiary alicyclic amines) is 2. The van der Waals surface area contributed by atoms with Crippen molar-refractivity contribution in [2.24, 2.45) is 11.3 Å².